The number of hydrogen-bond acceptors (Lipinski definition) is 3. The summed E-state index contributed by atoms with van der Waals surface area (Å²) in [5.41, 5.74) is 2.61. The van der Waals surface area contributed by atoms with Crippen LogP contribution in [0.3, 0.4) is 0 Å². The van der Waals surface area contributed by atoms with Crippen LogP contribution in [-0.2, 0) is 4.74 Å². The van der Waals surface area contributed by atoms with Crippen LogP contribution in [0.15, 0.2) is 72.2 Å². The summed E-state index contributed by atoms with van der Waals surface area (Å²) in [6, 6.07) is 21.5. The summed E-state index contributed by atoms with van der Waals surface area (Å²) in [5.74, 6) is 0. The second-order valence-corrected chi connectivity index (χ2v) is 7.56. The van der Waals surface area contributed by atoms with E-state index in [1.165, 1.54) is 16.7 Å². The second-order valence-electron chi connectivity index (χ2n) is 5.44. The smallest absolute Gasteiger partial charge is 0.128 e. The van der Waals surface area contributed by atoms with E-state index < -0.39 is 8.22 Å². The monoisotopic (exact) mass is 310 g/mol. The molecular weight excluding hydrogens is 291 g/mol. The van der Waals surface area contributed by atoms with Crippen LogP contribution in [0, 0.1) is 0 Å². The Morgan fingerprint density at radius 2 is 1.32 bits per heavy atom. The fourth-order valence-electron chi connectivity index (χ4n) is 3.02. The lowest BCUT2D eigenvalue weighted by molar-refractivity contribution is 0.281. The van der Waals surface area contributed by atoms with Gasteiger partial charge in [-0.3, -0.25) is 0 Å². The third kappa shape index (κ3) is 2.46. The Labute approximate surface area is 132 Å². The molecule has 2 aromatic rings. The first kappa shape index (κ1) is 13.7. The van der Waals surface area contributed by atoms with Gasteiger partial charge in [0.25, 0.3) is 0 Å². The Kier molecular flexibility index (Phi) is 3.74. The zero-order chi connectivity index (χ0) is 14.8. The van der Waals surface area contributed by atoms with Crippen molar-refractivity contribution in [2.75, 3.05) is 29.0 Å². The van der Waals surface area contributed by atoms with Crippen molar-refractivity contribution in [3.8, 4) is 0 Å². The largest absolute Gasteiger partial charge is 0.500 e. The average molecular weight is 310 g/mol. The van der Waals surface area contributed by atoms with Crippen LogP contribution in [0.25, 0.3) is 0 Å². The van der Waals surface area contributed by atoms with Crippen LogP contribution in [0.5, 0.6) is 0 Å². The molecule has 0 atom stereocenters. The number of nitrogens with zero attached hydrogens (tertiary/aromatic N) is 2. The molecule has 2 heterocycles. The highest BCUT2D eigenvalue weighted by Gasteiger charge is 2.36. The Hall–Kier alpha value is -1.99. The summed E-state index contributed by atoms with van der Waals surface area (Å²) in [7, 11) is -0.523. The van der Waals surface area contributed by atoms with Gasteiger partial charge in [0.1, 0.15) is 8.22 Å². The highest BCUT2D eigenvalue weighted by atomic mass is 31.1. The normalized spacial score (nSPS) is 18.5. The summed E-state index contributed by atoms with van der Waals surface area (Å²) in [5, 5.41) is 1.43. The average Bonchev–Trinajstić information content (AvgIpc) is 3.25. The van der Waals surface area contributed by atoms with Gasteiger partial charge in [-0.1, -0.05) is 36.4 Å². The second kappa shape index (κ2) is 6.02. The van der Waals surface area contributed by atoms with Crippen molar-refractivity contribution in [1.29, 1.82) is 0 Å². The summed E-state index contributed by atoms with van der Waals surface area (Å²) in [6.07, 6.45) is 3.03. The minimum atomic E-state index is -0.523. The minimum absolute atomic E-state index is 0.523. The van der Waals surface area contributed by atoms with Gasteiger partial charge < -0.3 is 14.1 Å². The molecule has 0 amide bonds. The minimum Gasteiger partial charge on any atom is -0.500 e. The lowest BCUT2D eigenvalue weighted by Gasteiger charge is -2.32. The molecule has 0 unspecified atom stereocenters. The molecule has 1 fully saturated rings. The molecule has 0 saturated carbocycles. The summed E-state index contributed by atoms with van der Waals surface area (Å²) < 4.78 is 10.6. The Morgan fingerprint density at radius 1 is 0.773 bits per heavy atom. The van der Waals surface area contributed by atoms with Crippen LogP contribution >= 0.6 is 8.22 Å². The van der Waals surface area contributed by atoms with E-state index >= 15 is 0 Å². The van der Waals surface area contributed by atoms with E-state index in [4.69, 9.17) is 4.74 Å². The van der Waals surface area contributed by atoms with Gasteiger partial charge in [-0.05, 0) is 24.3 Å². The first-order chi connectivity index (χ1) is 10.9. The standard InChI is InChI=1S/C18H19N2OP/c1-3-7-16(8-4-1)19-12-13-20(17-9-5-2-6-10-17)22(19)18-11-14-21-15-18/h1-10,15H,11-14H2. The molecular formula is C18H19N2OP. The lowest BCUT2D eigenvalue weighted by Crippen LogP contribution is -2.15. The molecule has 0 aliphatic carbocycles. The first-order valence-corrected chi connectivity index (χ1v) is 8.94. The first-order valence-electron chi connectivity index (χ1n) is 7.69. The van der Waals surface area contributed by atoms with Crippen molar-refractivity contribution in [3.63, 3.8) is 0 Å². The van der Waals surface area contributed by atoms with Crippen LogP contribution < -0.4 is 9.34 Å². The number of hydrogen-bond donors (Lipinski definition) is 0. The summed E-state index contributed by atoms with van der Waals surface area (Å²) >= 11 is 0. The Bertz CT molecular complexity index is 612. The summed E-state index contributed by atoms with van der Waals surface area (Å²) in [4.78, 5) is 0. The molecule has 0 radical (unpaired) electrons. The molecule has 22 heavy (non-hydrogen) atoms. The molecule has 112 valence electrons. The number of ether oxygens (including phenoxy) is 1. The van der Waals surface area contributed by atoms with Gasteiger partial charge in [0.15, 0.2) is 0 Å². The van der Waals surface area contributed by atoms with E-state index in [0.29, 0.717) is 0 Å². The SMILES string of the molecule is C1=C(P2N(c3ccccc3)CCN2c2ccccc2)CCO1. The molecule has 2 aliphatic rings. The topological polar surface area (TPSA) is 15.7 Å². The Balaban J connectivity index is 1.71. The maximum Gasteiger partial charge on any atom is 0.128 e. The summed E-state index contributed by atoms with van der Waals surface area (Å²) in [6.45, 7) is 2.93. The maximum atomic E-state index is 5.54. The van der Waals surface area contributed by atoms with Crippen LogP contribution in [0.4, 0.5) is 11.4 Å². The van der Waals surface area contributed by atoms with Crippen molar-refractivity contribution in [3.05, 3.63) is 72.2 Å². The highest BCUT2D eigenvalue weighted by molar-refractivity contribution is 7.65. The number of benzene rings is 2. The zero-order valence-corrected chi connectivity index (χ0v) is 13.3. The van der Waals surface area contributed by atoms with Crippen molar-refractivity contribution in [2.24, 2.45) is 0 Å². The van der Waals surface area contributed by atoms with E-state index in [-0.39, 0.29) is 0 Å². The third-order valence-electron chi connectivity index (χ3n) is 4.04. The maximum absolute atomic E-state index is 5.54. The number of rotatable bonds is 3. The molecule has 2 aromatic carbocycles. The van der Waals surface area contributed by atoms with Crippen molar-refractivity contribution >= 4 is 19.6 Å². The molecule has 2 aliphatic heterocycles. The zero-order valence-electron chi connectivity index (χ0n) is 12.4. The van der Waals surface area contributed by atoms with Gasteiger partial charge in [0.2, 0.25) is 0 Å². The van der Waals surface area contributed by atoms with E-state index in [0.717, 1.165) is 26.1 Å². The van der Waals surface area contributed by atoms with Gasteiger partial charge in [0.05, 0.1) is 12.9 Å². The van der Waals surface area contributed by atoms with E-state index in [9.17, 15) is 0 Å². The van der Waals surface area contributed by atoms with Gasteiger partial charge in [-0.25, -0.2) is 0 Å². The van der Waals surface area contributed by atoms with Crippen LogP contribution in [0.1, 0.15) is 6.42 Å². The van der Waals surface area contributed by atoms with Crippen molar-refractivity contribution < 1.29 is 4.74 Å². The van der Waals surface area contributed by atoms with Gasteiger partial charge >= 0.3 is 0 Å². The predicted octanol–water partition coefficient (Wildman–Crippen LogP) is 4.59. The predicted molar refractivity (Wildman–Crippen MR) is 93.1 cm³/mol. The van der Waals surface area contributed by atoms with Crippen LogP contribution in [0.2, 0.25) is 0 Å². The van der Waals surface area contributed by atoms with E-state index in [2.05, 4.69) is 70.0 Å². The van der Waals surface area contributed by atoms with Gasteiger partial charge in [-0.2, -0.15) is 0 Å². The number of para-hydroxylation sites is 2. The molecule has 0 aromatic heterocycles. The molecule has 4 rings (SSSR count). The number of anilines is 2. The highest BCUT2D eigenvalue weighted by Crippen LogP contribution is 2.60. The van der Waals surface area contributed by atoms with Crippen molar-refractivity contribution in [1.82, 2.24) is 0 Å². The van der Waals surface area contributed by atoms with Crippen molar-refractivity contribution in [2.45, 2.75) is 6.42 Å². The molecule has 0 spiro atoms. The Morgan fingerprint density at radius 3 is 1.77 bits per heavy atom. The van der Waals surface area contributed by atoms with E-state index in [1.807, 2.05) is 6.26 Å². The lowest BCUT2D eigenvalue weighted by atomic mass is 10.3. The third-order valence-corrected chi connectivity index (χ3v) is 6.66. The van der Waals surface area contributed by atoms with E-state index in [1.54, 1.807) is 0 Å². The molecule has 0 N–H and O–H groups in total. The molecule has 4 heteroatoms. The van der Waals surface area contributed by atoms with Gasteiger partial charge in [0, 0.05) is 36.2 Å². The fourth-order valence-corrected chi connectivity index (χ4v) is 5.62. The van der Waals surface area contributed by atoms with Crippen LogP contribution in [-0.4, -0.2) is 19.7 Å². The molecule has 0 bridgehead atoms. The molecule has 1 saturated heterocycles. The molecule has 3 nitrogen and oxygen atoms in total. The quantitative estimate of drug-likeness (QED) is 0.771. The van der Waals surface area contributed by atoms with Gasteiger partial charge in [-0.15, -0.1) is 0 Å². The fraction of sp³-hybridized carbons (Fsp3) is 0.222.